The average Bonchev–Trinajstić information content (AvgIpc) is 3.01. The van der Waals surface area contributed by atoms with Crippen LogP contribution >= 0.6 is 0 Å². The predicted molar refractivity (Wildman–Crippen MR) is 156 cm³/mol. The molecule has 2 aliphatic heterocycles. The van der Waals surface area contributed by atoms with Crippen LogP contribution in [0.1, 0.15) is 29.0 Å². The van der Waals surface area contributed by atoms with E-state index in [1.165, 1.54) is 11.1 Å². The summed E-state index contributed by atoms with van der Waals surface area (Å²) in [5, 5.41) is 3.14. The summed E-state index contributed by atoms with van der Waals surface area (Å²) in [7, 11) is 0. The SMILES string of the molecule is O=C(Nc1cccc(C2=CN=CCO2)c1)N(CCC(c1ccccc1)c1ccccc1)CCN1CCOCC1. The van der Waals surface area contributed by atoms with Gasteiger partial charge in [0.25, 0.3) is 0 Å². The quantitative estimate of drug-likeness (QED) is 0.382. The Morgan fingerprint density at radius 2 is 1.64 bits per heavy atom. The molecule has 1 N–H and O–H groups in total. The van der Waals surface area contributed by atoms with Gasteiger partial charge in [-0.05, 0) is 29.7 Å². The van der Waals surface area contributed by atoms with Crippen molar-refractivity contribution < 1.29 is 14.3 Å². The van der Waals surface area contributed by atoms with Gasteiger partial charge < -0.3 is 19.7 Å². The molecular formula is C32H36N4O3. The zero-order chi connectivity index (χ0) is 26.7. The van der Waals surface area contributed by atoms with Crippen LogP contribution in [0.3, 0.4) is 0 Å². The first-order chi connectivity index (χ1) is 19.3. The Labute approximate surface area is 230 Å². The van der Waals surface area contributed by atoms with Gasteiger partial charge in [-0.2, -0.15) is 0 Å². The van der Waals surface area contributed by atoms with Crippen molar-refractivity contribution in [2.24, 2.45) is 4.99 Å². The number of hydrogen-bond donors (Lipinski definition) is 1. The Balaban J connectivity index is 1.31. The van der Waals surface area contributed by atoms with Crippen molar-refractivity contribution in [2.75, 3.05) is 57.9 Å². The third-order valence-corrected chi connectivity index (χ3v) is 7.18. The van der Waals surface area contributed by atoms with Crippen molar-refractivity contribution in [1.82, 2.24) is 9.80 Å². The molecule has 5 rings (SSSR count). The third kappa shape index (κ3) is 7.56. The molecule has 2 amide bonds. The molecule has 0 atom stereocenters. The summed E-state index contributed by atoms with van der Waals surface area (Å²) in [6, 6.07) is 28.7. The summed E-state index contributed by atoms with van der Waals surface area (Å²) < 4.78 is 11.2. The summed E-state index contributed by atoms with van der Waals surface area (Å²) in [5.41, 5.74) is 4.13. The molecule has 0 saturated carbocycles. The first-order valence-electron chi connectivity index (χ1n) is 13.7. The zero-order valence-electron chi connectivity index (χ0n) is 22.2. The molecule has 7 nitrogen and oxygen atoms in total. The third-order valence-electron chi connectivity index (χ3n) is 7.18. The van der Waals surface area contributed by atoms with E-state index in [0.29, 0.717) is 25.5 Å². The van der Waals surface area contributed by atoms with Crippen molar-refractivity contribution in [3.8, 4) is 0 Å². The first kappa shape index (κ1) is 26.7. The van der Waals surface area contributed by atoms with Crippen molar-refractivity contribution in [2.45, 2.75) is 12.3 Å². The summed E-state index contributed by atoms with van der Waals surface area (Å²) in [6.45, 7) is 5.81. The lowest BCUT2D eigenvalue weighted by atomic mass is 9.88. The van der Waals surface area contributed by atoms with E-state index in [1.54, 1.807) is 12.4 Å². The highest BCUT2D eigenvalue weighted by Crippen LogP contribution is 2.28. The number of amides is 2. The fraction of sp³-hybridized carbons (Fsp3) is 0.312. The van der Waals surface area contributed by atoms with Crippen LogP contribution in [-0.2, 0) is 9.47 Å². The molecule has 7 heteroatoms. The minimum Gasteiger partial charge on any atom is -0.486 e. The van der Waals surface area contributed by atoms with Crippen molar-refractivity contribution in [1.29, 1.82) is 0 Å². The number of urea groups is 1. The van der Waals surface area contributed by atoms with Gasteiger partial charge in [-0.3, -0.25) is 9.89 Å². The number of anilines is 1. The molecule has 3 aromatic carbocycles. The number of nitrogens with one attached hydrogen (secondary N) is 1. The second kappa shape index (κ2) is 13.7. The maximum Gasteiger partial charge on any atom is 0.321 e. The van der Waals surface area contributed by atoms with E-state index in [2.05, 4.69) is 63.7 Å². The van der Waals surface area contributed by atoms with Crippen LogP contribution in [0.4, 0.5) is 10.5 Å². The number of carbonyl (C=O) groups is 1. The second-order valence-electron chi connectivity index (χ2n) is 9.75. The lowest BCUT2D eigenvalue weighted by molar-refractivity contribution is 0.0351. The lowest BCUT2D eigenvalue weighted by Gasteiger charge is -2.31. The van der Waals surface area contributed by atoms with Gasteiger partial charge in [0.05, 0.1) is 19.4 Å². The molecule has 0 radical (unpaired) electrons. The largest absolute Gasteiger partial charge is 0.486 e. The van der Waals surface area contributed by atoms with Crippen molar-refractivity contribution in [3.05, 3.63) is 108 Å². The van der Waals surface area contributed by atoms with Gasteiger partial charge in [0.2, 0.25) is 0 Å². The molecule has 1 saturated heterocycles. The second-order valence-corrected chi connectivity index (χ2v) is 9.75. The van der Waals surface area contributed by atoms with Gasteiger partial charge in [-0.15, -0.1) is 0 Å². The molecule has 39 heavy (non-hydrogen) atoms. The molecule has 1 fully saturated rings. The number of nitrogens with zero attached hydrogens (tertiary/aromatic N) is 3. The Morgan fingerprint density at radius 1 is 0.923 bits per heavy atom. The summed E-state index contributed by atoms with van der Waals surface area (Å²) in [5.74, 6) is 0.900. The first-order valence-corrected chi connectivity index (χ1v) is 13.7. The number of aliphatic imine (C=N–C) groups is 1. The minimum atomic E-state index is -0.100. The van der Waals surface area contributed by atoms with Crippen LogP contribution in [0.5, 0.6) is 0 Å². The fourth-order valence-corrected chi connectivity index (χ4v) is 5.02. The average molecular weight is 525 g/mol. The predicted octanol–water partition coefficient (Wildman–Crippen LogP) is 5.47. The van der Waals surface area contributed by atoms with Gasteiger partial charge >= 0.3 is 6.03 Å². The number of benzene rings is 3. The van der Waals surface area contributed by atoms with Crippen LogP contribution in [0, 0.1) is 0 Å². The van der Waals surface area contributed by atoms with E-state index >= 15 is 0 Å². The summed E-state index contributed by atoms with van der Waals surface area (Å²) in [4.78, 5) is 22.2. The van der Waals surface area contributed by atoms with E-state index in [1.807, 2.05) is 41.3 Å². The molecule has 202 valence electrons. The van der Waals surface area contributed by atoms with Gasteiger partial charge in [-0.1, -0.05) is 72.8 Å². The van der Waals surface area contributed by atoms with Crippen LogP contribution in [0.25, 0.3) is 5.76 Å². The van der Waals surface area contributed by atoms with E-state index in [9.17, 15) is 4.79 Å². The van der Waals surface area contributed by atoms with E-state index in [4.69, 9.17) is 9.47 Å². The normalized spacial score (nSPS) is 15.5. The highest BCUT2D eigenvalue weighted by Gasteiger charge is 2.21. The maximum atomic E-state index is 13.7. The van der Waals surface area contributed by atoms with E-state index in [-0.39, 0.29) is 11.9 Å². The van der Waals surface area contributed by atoms with Gasteiger partial charge in [0.1, 0.15) is 12.4 Å². The number of rotatable bonds is 10. The van der Waals surface area contributed by atoms with Crippen LogP contribution < -0.4 is 5.32 Å². The summed E-state index contributed by atoms with van der Waals surface area (Å²) in [6.07, 6.45) is 4.25. The number of morpholine rings is 1. The number of carbonyl (C=O) groups excluding carboxylic acids is 1. The van der Waals surface area contributed by atoms with Crippen LogP contribution in [-0.4, -0.2) is 74.6 Å². The zero-order valence-corrected chi connectivity index (χ0v) is 22.2. The van der Waals surface area contributed by atoms with E-state index < -0.39 is 0 Å². The highest BCUT2D eigenvalue weighted by atomic mass is 16.5. The standard InChI is InChI=1S/C32H36N4O3/c37-32(34-29-13-7-12-28(24-29)31-25-33-15-21-39-31)36(18-17-35-19-22-38-23-20-35)16-14-30(26-8-3-1-4-9-26)27-10-5-2-6-11-27/h1-13,15,24-25,30H,14,16-23H2,(H,34,37). The van der Waals surface area contributed by atoms with Crippen LogP contribution in [0.15, 0.2) is 96.1 Å². The van der Waals surface area contributed by atoms with Gasteiger partial charge in [-0.25, -0.2) is 4.79 Å². The molecule has 2 heterocycles. The molecule has 0 bridgehead atoms. The van der Waals surface area contributed by atoms with E-state index in [0.717, 1.165) is 50.5 Å². The van der Waals surface area contributed by atoms with Gasteiger partial charge in [0, 0.05) is 56.1 Å². The molecular weight excluding hydrogens is 488 g/mol. The molecule has 0 spiro atoms. The topological polar surface area (TPSA) is 66.4 Å². The molecule has 2 aliphatic rings. The minimum absolute atomic E-state index is 0.100. The highest BCUT2D eigenvalue weighted by molar-refractivity contribution is 5.90. The number of hydrogen-bond acceptors (Lipinski definition) is 5. The number of ether oxygens (including phenoxy) is 2. The van der Waals surface area contributed by atoms with Gasteiger partial charge in [0.15, 0.2) is 0 Å². The Morgan fingerprint density at radius 3 is 2.31 bits per heavy atom. The Hall–Kier alpha value is -3.94. The molecule has 3 aromatic rings. The fourth-order valence-electron chi connectivity index (χ4n) is 5.02. The van der Waals surface area contributed by atoms with Crippen LogP contribution in [0.2, 0.25) is 0 Å². The smallest absolute Gasteiger partial charge is 0.321 e. The molecule has 0 aromatic heterocycles. The van der Waals surface area contributed by atoms with Crippen molar-refractivity contribution in [3.63, 3.8) is 0 Å². The summed E-state index contributed by atoms with van der Waals surface area (Å²) >= 11 is 0. The lowest BCUT2D eigenvalue weighted by Crippen LogP contribution is -2.44. The molecule has 0 aliphatic carbocycles. The monoisotopic (exact) mass is 524 g/mol. The Kier molecular flexibility index (Phi) is 9.39. The van der Waals surface area contributed by atoms with Crippen molar-refractivity contribution >= 4 is 23.7 Å². The maximum absolute atomic E-state index is 13.7. The molecule has 0 unspecified atom stereocenters. The Bertz CT molecular complexity index is 1220.